The number of nitrogens with one attached hydrogen (secondary N) is 2. The third-order valence-electron chi connectivity index (χ3n) is 0. The second-order valence-electron chi connectivity index (χ2n) is 0.125. The second kappa shape index (κ2) is 12.9. The van der Waals surface area contributed by atoms with E-state index in [9.17, 15) is 0 Å². The summed E-state index contributed by atoms with van der Waals surface area (Å²) in [6, 6.07) is 1.25. The van der Waals surface area contributed by atoms with Gasteiger partial charge in [-0.1, -0.05) is 0 Å². The molecule has 0 atom stereocenters. The summed E-state index contributed by atoms with van der Waals surface area (Å²) >= 11 is 0. The molecule has 2 nitrogen and oxygen atoms in total. The normalized spacial score (nSPS) is 2.00. The van der Waals surface area contributed by atoms with E-state index < -0.39 is 0 Å². The predicted octanol–water partition coefficient (Wildman–Crippen LogP) is 0.315. The molecule has 0 aliphatic carbocycles. The van der Waals surface area contributed by atoms with Crippen LogP contribution in [-0.2, 0) is 17.1 Å². The summed E-state index contributed by atoms with van der Waals surface area (Å²) in [4.78, 5) is 0. The SMILES string of the molecule is N=C=N.[Fe]. The Morgan fingerprint density at radius 1 is 1.25 bits per heavy atom. The van der Waals surface area contributed by atoms with E-state index in [1.54, 1.807) is 0 Å². The molecule has 4 heavy (non-hydrogen) atoms. The van der Waals surface area contributed by atoms with Crippen LogP contribution < -0.4 is 0 Å². The number of hydrogen-bond acceptors (Lipinski definition) is 2. The van der Waals surface area contributed by atoms with E-state index in [4.69, 9.17) is 10.8 Å². The third kappa shape index (κ3) is 152. The van der Waals surface area contributed by atoms with Gasteiger partial charge in [0.2, 0.25) is 0 Å². The van der Waals surface area contributed by atoms with Crippen molar-refractivity contribution in [2.45, 2.75) is 0 Å². The molecule has 0 bridgehead atoms. The molecule has 0 heterocycles. The molecule has 0 aromatic heterocycles. The van der Waals surface area contributed by atoms with Crippen molar-refractivity contribution in [2.75, 3.05) is 0 Å². The molecular weight excluding hydrogens is 95.9 g/mol. The Balaban J connectivity index is 0. The van der Waals surface area contributed by atoms with Gasteiger partial charge in [-0.15, -0.1) is 0 Å². The van der Waals surface area contributed by atoms with Gasteiger partial charge in [0.15, 0.2) is 0 Å². The van der Waals surface area contributed by atoms with E-state index in [0.29, 0.717) is 0 Å². The Labute approximate surface area is 34.7 Å². The Morgan fingerprint density at radius 3 is 1.25 bits per heavy atom. The summed E-state index contributed by atoms with van der Waals surface area (Å²) in [5.74, 6) is 0. The smallest absolute Gasteiger partial charge is 0.0831 e. The maximum absolute atomic E-state index is 5.62. The molecule has 0 aromatic rings. The molecule has 3 heteroatoms. The average Bonchev–Trinajstić information content (AvgIpc) is 0.918. The van der Waals surface area contributed by atoms with Crippen molar-refractivity contribution in [2.24, 2.45) is 0 Å². The summed E-state index contributed by atoms with van der Waals surface area (Å²) in [5, 5.41) is 11.2. The van der Waals surface area contributed by atoms with Gasteiger partial charge in [-0.05, 0) is 0 Å². The summed E-state index contributed by atoms with van der Waals surface area (Å²) in [5.41, 5.74) is 0. The first kappa shape index (κ1) is 9.09. The van der Waals surface area contributed by atoms with Gasteiger partial charge in [-0.3, -0.25) is 0 Å². The second-order valence-corrected chi connectivity index (χ2v) is 0.125. The molecule has 0 rings (SSSR count). The van der Waals surface area contributed by atoms with Crippen molar-refractivity contribution in [1.82, 2.24) is 0 Å². The van der Waals surface area contributed by atoms with Crippen LogP contribution in [0.1, 0.15) is 0 Å². The summed E-state index contributed by atoms with van der Waals surface area (Å²) in [6.45, 7) is 0. The Morgan fingerprint density at radius 2 is 1.25 bits per heavy atom. The fraction of sp³-hybridized carbons (Fsp3) is 0. The van der Waals surface area contributed by atoms with Crippen LogP contribution in [0.3, 0.4) is 0 Å². The van der Waals surface area contributed by atoms with Gasteiger partial charge in [0.25, 0.3) is 0 Å². The summed E-state index contributed by atoms with van der Waals surface area (Å²) < 4.78 is 0. The van der Waals surface area contributed by atoms with Crippen molar-refractivity contribution in [1.29, 1.82) is 10.8 Å². The molecule has 0 radical (unpaired) electrons. The Bertz CT molecular complexity index is 27.0. The molecule has 0 aliphatic rings. The maximum atomic E-state index is 5.62. The predicted molar refractivity (Wildman–Crippen MR) is 10.4 cm³/mol. The van der Waals surface area contributed by atoms with Crippen LogP contribution in [-0.4, -0.2) is 6.01 Å². The molecule has 0 aromatic carbocycles. The average molecular weight is 97.9 g/mol. The first-order valence-electron chi connectivity index (χ1n) is 0.500. The zero-order valence-electron chi connectivity index (χ0n) is 1.85. The molecule has 0 saturated heterocycles. The molecule has 0 aliphatic heterocycles. The van der Waals surface area contributed by atoms with Gasteiger partial charge in [0, 0.05) is 17.1 Å². The fourth-order valence-electron chi connectivity index (χ4n) is 0. The van der Waals surface area contributed by atoms with Crippen LogP contribution in [0, 0.1) is 10.8 Å². The van der Waals surface area contributed by atoms with Crippen LogP contribution in [0.15, 0.2) is 0 Å². The quantitative estimate of drug-likeness (QED) is 0.323. The Kier molecular flexibility index (Phi) is 29.4. The molecule has 2 N–H and O–H groups in total. The van der Waals surface area contributed by atoms with Gasteiger partial charge in [-0.2, -0.15) is 0 Å². The van der Waals surface area contributed by atoms with Gasteiger partial charge >= 0.3 is 0 Å². The van der Waals surface area contributed by atoms with E-state index >= 15 is 0 Å². The Hall–Kier alpha value is -0.101. The maximum Gasteiger partial charge on any atom is 0.0831 e. The molecule has 0 saturated carbocycles. The van der Waals surface area contributed by atoms with E-state index in [-0.39, 0.29) is 17.1 Å². The van der Waals surface area contributed by atoms with E-state index in [1.165, 1.54) is 6.01 Å². The van der Waals surface area contributed by atoms with Gasteiger partial charge < -0.3 is 0 Å². The van der Waals surface area contributed by atoms with Gasteiger partial charge in [0.1, 0.15) is 0 Å². The standard InChI is InChI=1S/CH2N2.Fe/c2-1-3;/h2-3H;. The van der Waals surface area contributed by atoms with Crippen molar-refractivity contribution < 1.29 is 17.1 Å². The molecular formula is CH2FeN2. The number of rotatable bonds is 0. The topological polar surface area (TPSA) is 47.7 Å². The van der Waals surface area contributed by atoms with Crippen LogP contribution in [0.5, 0.6) is 0 Å². The van der Waals surface area contributed by atoms with Crippen molar-refractivity contribution in [3.05, 3.63) is 0 Å². The van der Waals surface area contributed by atoms with Crippen LogP contribution in [0.25, 0.3) is 0 Å². The summed E-state index contributed by atoms with van der Waals surface area (Å²) in [7, 11) is 0. The molecule has 0 spiro atoms. The minimum atomic E-state index is 0. The van der Waals surface area contributed by atoms with Gasteiger partial charge in [0.05, 0.1) is 6.01 Å². The monoisotopic (exact) mass is 98.0 g/mol. The zero-order valence-corrected chi connectivity index (χ0v) is 2.96. The van der Waals surface area contributed by atoms with Crippen LogP contribution in [0.2, 0.25) is 0 Å². The van der Waals surface area contributed by atoms with Gasteiger partial charge in [-0.25, -0.2) is 10.8 Å². The molecule has 0 amide bonds. The molecule has 0 unspecified atom stereocenters. The van der Waals surface area contributed by atoms with E-state index in [0.717, 1.165) is 0 Å². The largest absolute Gasteiger partial charge is 0.242 e. The van der Waals surface area contributed by atoms with Crippen LogP contribution in [0.4, 0.5) is 0 Å². The third-order valence-corrected chi connectivity index (χ3v) is 0. The zero-order chi connectivity index (χ0) is 2.71. The van der Waals surface area contributed by atoms with Crippen LogP contribution >= 0.6 is 0 Å². The first-order valence-corrected chi connectivity index (χ1v) is 0.500. The van der Waals surface area contributed by atoms with E-state index in [2.05, 4.69) is 0 Å². The van der Waals surface area contributed by atoms with Crippen molar-refractivity contribution in [3.63, 3.8) is 0 Å². The minimum Gasteiger partial charge on any atom is -0.242 e. The summed E-state index contributed by atoms with van der Waals surface area (Å²) in [6.07, 6.45) is 0. The first-order chi connectivity index (χ1) is 1.41. The minimum absolute atomic E-state index is 0. The fourth-order valence-corrected chi connectivity index (χ4v) is 0. The van der Waals surface area contributed by atoms with E-state index in [1.807, 2.05) is 0 Å². The molecule has 0 fully saturated rings. The molecule has 24 valence electrons. The number of hydrogen-bond donors (Lipinski definition) is 2. The van der Waals surface area contributed by atoms with Crippen molar-refractivity contribution in [3.8, 4) is 0 Å². The van der Waals surface area contributed by atoms with Crippen molar-refractivity contribution >= 4 is 6.01 Å².